The zero-order chi connectivity index (χ0) is 16.5. The number of ether oxygens (including phenoxy) is 2. The summed E-state index contributed by atoms with van der Waals surface area (Å²) in [5, 5.41) is 4.10. The van der Waals surface area contributed by atoms with Crippen LogP contribution in [0.25, 0.3) is 0 Å². The van der Waals surface area contributed by atoms with Crippen molar-refractivity contribution in [3.8, 4) is 11.5 Å². The van der Waals surface area contributed by atoms with Crippen LogP contribution in [0.1, 0.15) is 16.7 Å². The van der Waals surface area contributed by atoms with Crippen LogP contribution >= 0.6 is 27.5 Å². The minimum Gasteiger partial charge on any atom is -0.454 e. The van der Waals surface area contributed by atoms with Crippen LogP contribution < -0.4 is 14.8 Å². The van der Waals surface area contributed by atoms with Crippen molar-refractivity contribution >= 4 is 33.4 Å². The lowest BCUT2D eigenvalue weighted by Gasteiger charge is -2.13. The van der Waals surface area contributed by atoms with Gasteiger partial charge >= 0.3 is 0 Å². The summed E-state index contributed by atoms with van der Waals surface area (Å²) in [5.74, 6) is 2.57. The van der Waals surface area contributed by atoms with Gasteiger partial charge in [0.25, 0.3) is 0 Å². The first kappa shape index (κ1) is 15.8. The van der Waals surface area contributed by atoms with Crippen molar-refractivity contribution < 1.29 is 9.47 Å². The van der Waals surface area contributed by atoms with Crippen molar-refractivity contribution in [1.82, 2.24) is 5.32 Å². The lowest BCUT2D eigenvalue weighted by molar-refractivity contribution is 0.173. The van der Waals surface area contributed by atoms with Gasteiger partial charge in [0.05, 0.1) is 6.54 Å². The van der Waals surface area contributed by atoms with Crippen molar-refractivity contribution in [3.63, 3.8) is 0 Å². The van der Waals surface area contributed by atoms with Crippen LogP contribution in [0.5, 0.6) is 11.5 Å². The molecule has 2 aliphatic rings. The highest BCUT2D eigenvalue weighted by Gasteiger charge is 2.20. The topological polar surface area (TPSA) is 42.9 Å². The van der Waals surface area contributed by atoms with Crippen LogP contribution in [0.15, 0.2) is 39.8 Å². The van der Waals surface area contributed by atoms with E-state index in [1.165, 1.54) is 0 Å². The molecular weight excluding hydrogens is 392 g/mol. The molecule has 0 fully saturated rings. The Morgan fingerprint density at radius 3 is 2.96 bits per heavy atom. The van der Waals surface area contributed by atoms with Gasteiger partial charge in [-0.25, -0.2) is 0 Å². The molecule has 0 saturated carbocycles. The molecule has 2 aromatic carbocycles. The summed E-state index contributed by atoms with van der Waals surface area (Å²) < 4.78 is 12.1. The maximum absolute atomic E-state index is 6.47. The number of nitrogens with zero attached hydrogens (tertiary/aromatic N) is 1. The molecule has 0 bridgehead atoms. The second-order valence-corrected chi connectivity index (χ2v) is 7.04. The number of aryl methyl sites for hydroxylation is 1. The molecule has 6 heteroatoms. The molecule has 2 aromatic rings. The van der Waals surface area contributed by atoms with Gasteiger partial charge in [0.2, 0.25) is 6.79 Å². The first-order chi connectivity index (χ1) is 11.7. The van der Waals surface area contributed by atoms with Gasteiger partial charge in [-0.05, 0) is 42.2 Å². The third-order valence-corrected chi connectivity index (χ3v) is 5.02. The molecule has 2 aliphatic heterocycles. The van der Waals surface area contributed by atoms with E-state index in [0.29, 0.717) is 0 Å². The van der Waals surface area contributed by atoms with E-state index in [9.17, 15) is 0 Å². The molecule has 1 N–H and O–H groups in total. The number of rotatable bonds is 4. The predicted molar refractivity (Wildman–Crippen MR) is 98.5 cm³/mol. The van der Waals surface area contributed by atoms with Crippen molar-refractivity contribution in [2.75, 3.05) is 19.9 Å². The average molecular weight is 408 g/mol. The Bertz CT molecular complexity index is 823. The Morgan fingerprint density at radius 2 is 2.12 bits per heavy atom. The Labute approximate surface area is 154 Å². The molecule has 0 aliphatic carbocycles. The van der Waals surface area contributed by atoms with Crippen LogP contribution in [0.2, 0.25) is 5.02 Å². The molecule has 0 atom stereocenters. The molecule has 0 amide bonds. The summed E-state index contributed by atoms with van der Waals surface area (Å²) in [6, 6.07) is 9.99. The monoisotopic (exact) mass is 406 g/mol. The largest absolute Gasteiger partial charge is 0.454 e. The molecule has 0 radical (unpaired) electrons. The maximum atomic E-state index is 6.47. The van der Waals surface area contributed by atoms with E-state index in [1.807, 2.05) is 18.2 Å². The van der Waals surface area contributed by atoms with E-state index in [0.717, 1.165) is 69.5 Å². The van der Waals surface area contributed by atoms with Gasteiger partial charge in [0.15, 0.2) is 11.5 Å². The number of hydrogen-bond donors (Lipinski definition) is 1. The van der Waals surface area contributed by atoms with Gasteiger partial charge in [0, 0.05) is 21.6 Å². The number of aliphatic imine (C=N–C) groups is 1. The molecule has 0 saturated heterocycles. The fourth-order valence-corrected chi connectivity index (χ4v) is 3.86. The van der Waals surface area contributed by atoms with Gasteiger partial charge < -0.3 is 14.8 Å². The summed E-state index contributed by atoms with van der Waals surface area (Å²) in [5.41, 5.74) is 3.31. The van der Waals surface area contributed by atoms with E-state index in [4.69, 9.17) is 21.1 Å². The predicted octanol–water partition coefficient (Wildman–Crippen LogP) is 3.97. The van der Waals surface area contributed by atoms with E-state index >= 15 is 0 Å². The number of halogens is 2. The third-order valence-electron chi connectivity index (χ3n) is 4.21. The zero-order valence-electron chi connectivity index (χ0n) is 12.9. The van der Waals surface area contributed by atoms with E-state index in [1.54, 1.807) is 0 Å². The Hall–Kier alpha value is -1.72. The van der Waals surface area contributed by atoms with Crippen molar-refractivity contribution in [1.29, 1.82) is 0 Å². The van der Waals surface area contributed by atoms with Crippen LogP contribution in [-0.2, 0) is 12.8 Å². The minimum absolute atomic E-state index is 0.275. The summed E-state index contributed by atoms with van der Waals surface area (Å²) >= 11 is 10.0. The normalized spacial score (nSPS) is 15.3. The Kier molecular flexibility index (Phi) is 4.37. The van der Waals surface area contributed by atoms with Gasteiger partial charge in [-0.3, -0.25) is 4.99 Å². The maximum Gasteiger partial charge on any atom is 0.231 e. The zero-order valence-corrected chi connectivity index (χ0v) is 15.3. The van der Waals surface area contributed by atoms with Crippen LogP contribution in [0.3, 0.4) is 0 Å². The van der Waals surface area contributed by atoms with Crippen LogP contribution in [-0.4, -0.2) is 25.7 Å². The molecule has 124 valence electrons. The SMILES string of the molecule is Clc1cccc(C2=NCCN2)c1CCc1cc(Br)cc2c1OCO2. The van der Waals surface area contributed by atoms with Gasteiger partial charge in [-0.2, -0.15) is 0 Å². The number of hydrogen-bond acceptors (Lipinski definition) is 4. The fraction of sp³-hybridized carbons (Fsp3) is 0.278. The second kappa shape index (κ2) is 6.65. The van der Waals surface area contributed by atoms with Crippen molar-refractivity contribution in [2.24, 2.45) is 4.99 Å². The first-order valence-electron chi connectivity index (χ1n) is 7.86. The summed E-state index contributed by atoms with van der Waals surface area (Å²) in [6.45, 7) is 1.97. The highest BCUT2D eigenvalue weighted by atomic mass is 79.9. The van der Waals surface area contributed by atoms with Crippen LogP contribution in [0.4, 0.5) is 0 Å². The van der Waals surface area contributed by atoms with E-state index in [2.05, 4.69) is 38.4 Å². The lowest BCUT2D eigenvalue weighted by atomic mass is 9.98. The van der Waals surface area contributed by atoms with Gasteiger partial charge in [0.1, 0.15) is 5.84 Å². The molecule has 24 heavy (non-hydrogen) atoms. The number of benzene rings is 2. The molecule has 4 nitrogen and oxygen atoms in total. The molecule has 0 unspecified atom stereocenters. The lowest BCUT2D eigenvalue weighted by Crippen LogP contribution is -2.21. The Balaban J connectivity index is 1.63. The summed E-state index contributed by atoms with van der Waals surface area (Å²) in [7, 11) is 0. The molecule has 4 rings (SSSR count). The van der Waals surface area contributed by atoms with Crippen LogP contribution in [0, 0.1) is 0 Å². The molecular formula is C18H16BrClN2O2. The minimum atomic E-state index is 0.275. The first-order valence-corrected chi connectivity index (χ1v) is 9.03. The second-order valence-electron chi connectivity index (χ2n) is 5.72. The van der Waals surface area contributed by atoms with Gasteiger partial charge in [-0.15, -0.1) is 0 Å². The number of nitrogens with one attached hydrogen (secondary N) is 1. The quantitative estimate of drug-likeness (QED) is 0.834. The standard InChI is InChI=1S/C18H16BrClN2O2/c19-12-8-11(17-16(9-12)23-10-24-17)4-5-13-14(2-1-3-15(13)20)18-21-6-7-22-18/h1-3,8-9H,4-7,10H2,(H,21,22). The third kappa shape index (κ3) is 2.98. The molecule has 2 heterocycles. The van der Waals surface area contributed by atoms with E-state index < -0.39 is 0 Å². The van der Waals surface area contributed by atoms with E-state index in [-0.39, 0.29) is 6.79 Å². The van der Waals surface area contributed by atoms with Crippen molar-refractivity contribution in [2.45, 2.75) is 12.8 Å². The molecule has 0 spiro atoms. The summed E-state index contributed by atoms with van der Waals surface area (Å²) in [4.78, 5) is 4.53. The highest BCUT2D eigenvalue weighted by Crippen LogP contribution is 2.39. The highest BCUT2D eigenvalue weighted by molar-refractivity contribution is 9.10. The number of amidine groups is 1. The average Bonchev–Trinajstić information content (AvgIpc) is 3.24. The smallest absolute Gasteiger partial charge is 0.231 e. The van der Waals surface area contributed by atoms with Crippen molar-refractivity contribution in [3.05, 3.63) is 56.5 Å². The number of fused-ring (bicyclic) bond motifs is 1. The Morgan fingerprint density at radius 1 is 1.21 bits per heavy atom. The van der Waals surface area contributed by atoms with Gasteiger partial charge in [-0.1, -0.05) is 39.7 Å². The fourth-order valence-electron chi connectivity index (χ4n) is 3.10. The molecule has 0 aromatic heterocycles. The summed E-state index contributed by atoms with van der Waals surface area (Å²) in [6.07, 6.45) is 1.62.